The fourth-order valence-electron chi connectivity index (χ4n) is 2.42. The first kappa shape index (κ1) is 12.3. The topological polar surface area (TPSA) is 41.1 Å². The van der Waals surface area contributed by atoms with Gasteiger partial charge in [0.2, 0.25) is 0 Å². The lowest BCUT2D eigenvalue weighted by Gasteiger charge is -2.20. The maximum absolute atomic E-state index is 11.4. The van der Waals surface area contributed by atoms with Gasteiger partial charge in [0.25, 0.3) is 0 Å². The standard InChI is InChI=1S/C12H24N2O/c1-3-5-7-10-8-6-9-11(10)14-12(15)13-4-2/h10-11H,3-9H2,1-2H3,(H2,13,14,15). The number of hydrogen-bond donors (Lipinski definition) is 2. The zero-order chi connectivity index (χ0) is 11.1. The number of carbonyl (C=O) groups is 1. The van der Waals surface area contributed by atoms with Crippen molar-refractivity contribution in [3.05, 3.63) is 0 Å². The first-order chi connectivity index (χ1) is 7.27. The summed E-state index contributed by atoms with van der Waals surface area (Å²) in [5.74, 6) is 0.715. The van der Waals surface area contributed by atoms with E-state index >= 15 is 0 Å². The highest BCUT2D eigenvalue weighted by Gasteiger charge is 2.27. The van der Waals surface area contributed by atoms with E-state index < -0.39 is 0 Å². The highest BCUT2D eigenvalue weighted by molar-refractivity contribution is 5.74. The lowest BCUT2D eigenvalue weighted by atomic mass is 9.97. The van der Waals surface area contributed by atoms with Gasteiger partial charge in [0.15, 0.2) is 0 Å². The number of urea groups is 1. The molecule has 0 bridgehead atoms. The normalized spacial score (nSPS) is 25.2. The van der Waals surface area contributed by atoms with E-state index in [1.54, 1.807) is 0 Å². The fourth-order valence-corrected chi connectivity index (χ4v) is 2.42. The van der Waals surface area contributed by atoms with E-state index in [2.05, 4.69) is 17.6 Å². The van der Waals surface area contributed by atoms with E-state index in [0.29, 0.717) is 18.5 Å². The van der Waals surface area contributed by atoms with Crippen LogP contribution in [-0.2, 0) is 0 Å². The van der Waals surface area contributed by atoms with E-state index in [0.717, 1.165) is 6.42 Å². The summed E-state index contributed by atoms with van der Waals surface area (Å²) in [7, 11) is 0. The second kappa shape index (κ2) is 6.70. The molecule has 2 amide bonds. The van der Waals surface area contributed by atoms with Crippen LogP contribution in [0, 0.1) is 5.92 Å². The summed E-state index contributed by atoms with van der Waals surface area (Å²) >= 11 is 0. The van der Waals surface area contributed by atoms with E-state index in [1.807, 2.05) is 6.92 Å². The summed E-state index contributed by atoms with van der Waals surface area (Å²) in [6.45, 7) is 4.88. The molecule has 0 saturated heterocycles. The Morgan fingerprint density at radius 1 is 1.33 bits per heavy atom. The summed E-state index contributed by atoms with van der Waals surface area (Å²) in [4.78, 5) is 11.4. The molecule has 1 aliphatic carbocycles. The fraction of sp³-hybridized carbons (Fsp3) is 0.917. The number of unbranched alkanes of at least 4 members (excludes halogenated alkanes) is 1. The van der Waals surface area contributed by atoms with E-state index in [9.17, 15) is 4.79 Å². The SMILES string of the molecule is CCCCC1CCCC1NC(=O)NCC. The summed E-state index contributed by atoms with van der Waals surface area (Å²) in [6, 6.07) is 0.425. The van der Waals surface area contributed by atoms with Crippen molar-refractivity contribution in [1.29, 1.82) is 0 Å². The van der Waals surface area contributed by atoms with Gasteiger partial charge in [-0.2, -0.15) is 0 Å². The van der Waals surface area contributed by atoms with Crippen molar-refractivity contribution in [2.75, 3.05) is 6.54 Å². The van der Waals surface area contributed by atoms with Crippen LogP contribution in [-0.4, -0.2) is 18.6 Å². The first-order valence-electron chi connectivity index (χ1n) is 6.32. The van der Waals surface area contributed by atoms with Gasteiger partial charge in [-0.05, 0) is 32.1 Å². The molecule has 88 valence electrons. The van der Waals surface area contributed by atoms with E-state index in [-0.39, 0.29) is 6.03 Å². The molecule has 0 spiro atoms. The summed E-state index contributed by atoms with van der Waals surface area (Å²) in [5.41, 5.74) is 0. The van der Waals surface area contributed by atoms with Crippen LogP contribution in [0.3, 0.4) is 0 Å². The van der Waals surface area contributed by atoms with Crippen molar-refractivity contribution >= 4 is 6.03 Å². The van der Waals surface area contributed by atoms with E-state index in [1.165, 1.54) is 32.1 Å². The Kier molecular flexibility index (Phi) is 5.51. The predicted molar refractivity (Wildman–Crippen MR) is 62.9 cm³/mol. The van der Waals surface area contributed by atoms with Crippen LogP contribution >= 0.6 is 0 Å². The highest BCUT2D eigenvalue weighted by atomic mass is 16.2. The van der Waals surface area contributed by atoms with Gasteiger partial charge in [-0.25, -0.2) is 4.79 Å². The Bertz CT molecular complexity index is 194. The molecule has 3 heteroatoms. The second-order valence-electron chi connectivity index (χ2n) is 4.44. The third-order valence-electron chi connectivity index (χ3n) is 3.24. The predicted octanol–water partition coefficient (Wildman–Crippen LogP) is 2.66. The minimum atomic E-state index is 0.00546. The summed E-state index contributed by atoms with van der Waals surface area (Å²) < 4.78 is 0. The van der Waals surface area contributed by atoms with E-state index in [4.69, 9.17) is 0 Å². The Balaban J connectivity index is 2.29. The van der Waals surface area contributed by atoms with Gasteiger partial charge >= 0.3 is 6.03 Å². The largest absolute Gasteiger partial charge is 0.338 e. The van der Waals surface area contributed by atoms with Crippen molar-refractivity contribution in [1.82, 2.24) is 10.6 Å². The van der Waals surface area contributed by atoms with Crippen LogP contribution in [0.2, 0.25) is 0 Å². The summed E-state index contributed by atoms with van der Waals surface area (Å²) in [6.07, 6.45) is 7.53. The Morgan fingerprint density at radius 3 is 2.80 bits per heavy atom. The van der Waals surface area contributed by atoms with Crippen LogP contribution in [0.5, 0.6) is 0 Å². The van der Waals surface area contributed by atoms with Crippen molar-refractivity contribution in [2.45, 2.75) is 58.4 Å². The molecule has 2 unspecified atom stereocenters. The zero-order valence-electron chi connectivity index (χ0n) is 10.0. The second-order valence-corrected chi connectivity index (χ2v) is 4.44. The van der Waals surface area contributed by atoms with Crippen molar-refractivity contribution in [2.24, 2.45) is 5.92 Å². The quantitative estimate of drug-likeness (QED) is 0.722. The van der Waals surface area contributed by atoms with Crippen molar-refractivity contribution < 1.29 is 4.79 Å². The van der Waals surface area contributed by atoms with Gasteiger partial charge in [-0.1, -0.05) is 26.2 Å². The number of nitrogens with one attached hydrogen (secondary N) is 2. The van der Waals surface area contributed by atoms with Gasteiger partial charge in [-0.3, -0.25) is 0 Å². The lowest BCUT2D eigenvalue weighted by molar-refractivity contribution is 0.233. The van der Waals surface area contributed by atoms with Gasteiger partial charge < -0.3 is 10.6 Å². The Morgan fingerprint density at radius 2 is 2.13 bits per heavy atom. The highest BCUT2D eigenvalue weighted by Crippen LogP contribution is 2.29. The van der Waals surface area contributed by atoms with Gasteiger partial charge in [0, 0.05) is 12.6 Å². The van der Waals surface area contributed by atoms with Gasteiger partial charge in [0.05, 0.1) is 0 Å². The number of carbonyl (C=O) groups excluding carboxylic acids is 1. The maximum Gasteiger partial charge on any atom is 0.315 e. The van der Waals surface area contributed by atoms with Crippen molar-refractivity contribution in [3.63, 3.8) is 0 Å². The summed E-state index contributed by atoms with van der Waals surface area (Å²) in [5, 5.41) is 5.89. The smallest absolute Gasteiger partial charge is 0.315 e. The van der Waals surface area contributed by atoms with Gasteiger partial charge in [-0.15, -0.1) is 0 Å². The molecule has 2 N–H and O–H groups in total. The molecule has 0 heterocycles. The molecule has 0 aromatic heterocycles. The minimum absolute atomic E-state index is 0.00546. The van der Waals surface area contributed by atoms with Crippen LogP contribution < -0.4 is 10.6 Å². The molecule has 0 aromatic rings. The van der Waals surface area contributed by atoms with Gasteiger partial charge in [0.1, 0.15) is 0 Å². The average molecular weight is 212 g/mol. The van der Waals surface area contributed by atoms with Crippen LogP contribution in [0.15, 0.2) is 0 Å². The zero-order valence-corrected chi connectivity index (χ0v) is 10.0. The molecule has 3 nitrogen and oxygen atoms in total. The molecule has 0 aliphatic heterocycles. The third-order valence-corrected chi connectivity index (χ3v) is 3.24. The third kappa shape index (κ3) is 4.10. The Hall–Kier alpha value is -0.730. The molecule has 0 radical (unpaired) electrons. The molecule has 1 rings (SSSR count). The van der Waals surface area contributed by atoms with Crippen LogP contribution in [0.25, 0.3) is 0 Å². The molecule has 0 aromatic carbocycles. The first-order valence-corrected chi connectivity index (χ1v) is 6.32. The van der Waals surface area contributed by atoms with Crippen LogP contribution in [0.4, 0.5) is 4.79 Å². The average Bonchev–Trinajstić information content (AvgIpc) is 2.63. The number of hydrogen-bond acceptors (Lipinski definition) is 1. The molecule has 1 fully saturated rings. The number of amides is 2. The molecule has 2 atom stereocenters. The Labute approximate surface area is 93.0 Å². The maximum atomic E-state index is 11.4. The molecular weight excluding hydrogens is 188 g/mol. The molecule has 1 aliphatic rings. The molecular formula is C12H24N2O. The lowest BCUT2D eigenvalue weighted by Crippen LogP contribution is -2.43. The van der Waals surface area contributed by atoms with Crippen molar-refractivity contribution in [3.8, 4) is 0 Å². The monoisotopic (exact) mass is 212 g/mol. The number of rotatable bonds is 5. The molecule has 15 heavy (non-hydrogen) atoms. The van der Waals surface area contributed by atoms with Crippen LogP contribution in [0.1, 0.15) is 52.4 Å². The molecule has 1 saturated carbocycles. The minimum Gasteiger partial charge on any atom is -0.338 e.